The van der Waals surface area contributed by atoms with Crippen molar-refractivity contribution in [1.29, 1.82) is 5.26 Å². The van der Waals surface area contributed by atoms with Gasteiger partial charge in [0.2, 0.25) is 5.91 Å². The van der Waals surface area contributed by atoms with Gasteiger partial charge in [-0.3, -0.25) is 14.6 Å². The Balaban J connectivity index is 1.66. The molecule has 0 bridgehead atoms. The third-order valence-corrected chi connectivity index (χ3v) is 6.67. The van der Waals surface area contributed by atoms with Gasteiger partial charge < -0.3 is 19.9 Å². The normalized spacial score (nSPS) is 12.7. The van der Waals surface area contributed by atoms with Gasteiger partial charge in [0.25, 0.3) is 5.91 Å². The Bertz CT molecular complexity index is 1240. The number of amides is 3. The lowest BCUT2D eigenvalue weighted by atomic mass is 10.1. The van der Waals surface area contributed by atoms with Gasteiger partial charge in [-0.2, -0.15) is 5.26 Å². The quantitative estimate of drug-likeness (QED) is 0.485. The molecule has 1 heterocycles. The molecule has 3 amide bonds. The maximum Gasteiger partial charge on any atom is 0.410 e. The Labute approximate surface area is 237 Å². The lowest BCUT2D eigenvalue weighted by Crippen LogP contribution is -2.48. The van der Waals surface area contributed by atoms with Crippen LogP contribution >= 0.6 is 0 Å². The van der Waals surface area contributed by atoms with Gasteiger partial charge in [0.15, 0.2) is 0 Å². The minimum absolute atomic E-state index is 0.0253. The van der Waals surface area contributed by atoms with Crippen LogP contribution in [-0.2, 0) is 27.4 Å². The number of nitriles is 1. The smallest absolute Gasteiger partial charge is 0.410 e. The molecule has 3 rings (SSSR count). The summed E-state index contributed by atoms with van der Waals surface area (Å²) in [6.07, 6.45) is -0.434. The molecule has 0 aromatic heterocycles. The zero-order valence-corrected chi connectivity index (χ0v) is 24.4. The second-order valence-corrected chi connectivity index (χ2v) is 10.9. The van der Waals surface area contributed by atoms with Crippen molar-refractivity contribution in [2.24, 2.45) is 0 Å². The molecule has 1 aliphatic heterocycles. The fourth-order valence-electron chi connectivity index (χ4n) is 4.52. The molecular weight excluding hydrogens is 508 g/mol. The molecule has 1 N–H and O–H groups in total. The summed E-state index contributed by atoms with van der Waals surface area (Å²) in [7, 11) is 1.74. The van der Waals surface area contributed by atoms with Crippen molar-refractivity contribution >= 4 is 23.6 Å². The summed E-state index contributed by atoms with van der Waals surface area (Å²) in [4.78, 5) is 42.1. The zero-order valence-electron chi connectivity index (χ0n) is 24.4. The number of anilines is 1. The Hall–Kier alpha value is -4.10. The van der Waals surface area contributed by atoms with E-state index in [0.717, 1.165) is 5.56 Å². The minimum atomic E-state index is -0.606. The number of likely N-dealkylation sites (N-methyl/N-ethyl adjacent to an activating group) is 2. The number of hydrogen-bond donors (Lipinski definition) is 1. The molecule has 1 aliphatic rings. The molecule has 214 valence electrons. The summed E-state index contributed by atoms with van der Waals surface area (Å²) < 4.78 is 5.43. The molecule has 40 heavy (non-hydrogen) atoms. The summed E-state index contributed by atoms with van der Waals surface area (Å²) in [5.74, 6) is -0.445. The van der Waals surface area contributed by atoms with Gasteiger partial charge in [-0.15, -0.1) is 0 Å². The van der Waals surface area contributed by atoms with E-state index in [-0.39, 0.29) is 31.4 Å². The number of ether oxygens (including phenoxy) is 1. The first-order valence-electron chi connectivity index (χ1n) is 13.5. The van der Waals surface area contributed by atoms with E-state index >= 15 is 0 Å². The Morgan fingerprint density at radius 3 is 2.27 bits per heavy atom. The highest BCUT2D eigenvalue weighted by molar-refractivity contribution is 5.86. The fourth-order valence-corrected chi connectivity index (χ4v) is 4.52. The van der Waals surface area contributed by atoms with Crippen molar-refractivity contribution in [1.82, 2.24) is 20.2 Å². The second kappa shape index (κ2) is 13.3. The van der Waals surface area contributed by atoms with Crippen molar-refractivity contribution < 1.29 is 19.1 Å². The molecule has 2 aromatic carbocycles. The molecule has 2 aromatic rings. The first-order valence-corrected chi connectivity index (χ1v) is 13.5. The number of hydrogen-bond acceptors (Lipinski definition) is 7. The summed E-state index contributed by atoms with van der Waals surface area (Å²) >= 11 is 0. The number of carbonyl (C=O) groups is 3. The van der Waals surface area contributed by atoms with Crippen LogP contribution in [0.2, 0.25) is 0 Å². The summed E-state index contributed by atoms with van der Waals surface area (Å²) in [6.45, 7) is 11.3. The Morgan fingerprint density at radius 2 is 1.73 bits per heavy atom. The molecule has 0 spiro atoms. The molecule has 0 aliphatic carbocycles. The number of nitrogens with zero attached hydrogens (tertiary/aromatic N) is 5. The lowest BCUT2D eigenvalue weighted by molar-refractivity contribution is -0.145. The monoisotopic (exact) mass is 548 g/mol. The van der Waals surface area contributed by atoms with Crippen molar-refractivity contribution in [3.8, 4) is 6.07 Å². The van der Waals surface area contributed by atoms with Gasteiger partial charge >= 0.3 is 6.09 Å². The van der Waals surface area contributed by atoms with Gasteiger partial charge in [-0.25, -0.2) is 9.80 Å². The molecule has 0 fully saturated rings. The molecule has 0 radical (unpaired) electrons. The van der Waals surface area contributed by atoms with Crippen molar-refractivity contribution in [3.63, 3.8) is 0 Å². The van der Waals surface area contributed by atoms with Gasteiger partial charge in [-0.05, 0) is 69.5 Å². The molecule has 0 atom stereocenters. The van der Waals surface area contributed by atoms with Crippen LogP contribution in [0.1, 0.15) is 49.9 Å². The second-order valence-electron chi connectivity index (χ2n) is 10.9. The SMILES string of the molecule is CCN(CCNC(=O)CN(CC(=O)N(C)N1Cc2ccccc2C1)c1ccc(C#N)cc1C)C(=O)OC(C)(C)C. The minimum Gasteiger partial charge on any atom is -0.444 e. The van der Waals surface area contributed by atoms with Crippen LogP contribution in [0, 0.1) is 18.3 Å². The van der Waals surface area contributed by atoms with Gasteiger partial charge in [0, 0.05) is 45.5 Å². The topological polar surface area (TPSA) is 109 Å². The molecule has 0 unspecified atom stereocenters. The van der Waals surface area contributed by atoms with Crippen LogP contribution in [0.15, 0.2) is 42.5 Å². The number of hydrazine groups is 1. The summed E-state index contributed by atoms with van der Waals surface area (Å²) in [6, 6.07) is 15.4. The van der Waals surface area contributed by atoms with Crippen molar-refractivity contribution in [3.05, 3.63) is 64.7 Å². The molecular formula is C30H40N6O4. The van der Waals surface area contributed by atoms with Crippen molar-refractivity contribution in [2.45, 2.75) is 53.3 Å². The van der Waals surface area contributed by atoms with E-state index < -0.39 is 11.7 Å². The number of aryl methyl sites for hydroxylation is 1. The molecule has 10 heteroatoms. The average Bonchev–Trinajstić information content (AvgIpc) is 3.33. The lowest BCUT2D eigenvalue weighted by Gasteiger charge is -2.32. The number of rotatable bonds is 10. The van der Waals surface area contributed by atoms with Crippen LogP contribution in [-0.4, -0.2) is 78.2 Å². The van der Waals surface area contributed by atoms with E-state index in [1.54, 1.807) is 35.2 Å². The average molecular weight is 549 g/mol. The highest BCUT2D eigenvalue weighted by Gasteiger charge is 2.27. The highest BCUT2D eigenvalue weighted by atomic mass is 16.6. The summed E-state index contributed by atoms with van der Waals surface area (Å²) in [5.41, 5.74) is 3.76. The zero-order chi connectivity index (χ0) is 29.4. The van der Waals surface area contributed by atoms with E-state index in [0.29, 0.717) is 37.4 Å². The third kappa shape index (κ3) is 8.20. The first-order chi connectivity index (χ1) is 18.9. The summed E-state index contributed by atoms with van der Waals surface area (Å²) in [5, 5.41) is 15.7. The van der Waals surface area contributed by atoms with Gasteiger partial charge in [-0.1, -0.05) is 24.3 Å². The van der Waals surface area contributed by atoms with E-state index in [1.165, 1.54) is 16.0 Å². The predicted octanol–water partition coefficient (Wildman–Crippen LogP) is 3.44. The van der Waals surface area contributed by atoms with Crippen LogP contribution in [0.4, 0.5) is 10.5 Å². The number of carbonyl (C=O) groups excluding carboxylic acids is 3. The van der Waals surface area contributed by atoms with E-state index in [9.17, 15) is 19.6 Å². The predicted molar refractivity (Wildman–Crippen MR) is 153 cm³/mol. The molecule has 0 saturated carbocycles. The largest absolute Gasteiger partial charge is 0.444 e. The van der Waals surface area contributed by atoms with Crippen LogP contribution < -0.4 is 10.2 Å². The fraction of sp³-hybridized carbons (Fsp3) is 0.467. The van der Waals surface area contributed by atoms with Crippen LogP contribution in [0.5, 0.6) is 0 Å². The van der Waals surface area contributed by atoms with Crippen LogP contribution in [0.25, 0.3) is 0 Å². The van der Waals surface area contributed by atoms with E-state index in [1.807, 2.05) is 51.8 Å². The van der Waals surface area contributed by atoms with Crippen LogP contribution in [0.3, 0.4) is 0 Å². The standard InChI is InChI=1S/C30H40N6O4/c1-7-34(29(39)40-30(3,4)5)15-14-32-27(37)20-35(26-13-12-23(17-31)16-22(26)2)21-28(38)33(6)36-18-24-10-8-9-11-25(24)19-36/h8-13,16H,7,14-15,18-21H2,1-6H3,(H,32,37). The van der Waals surface area contributed by atoms with Gasteiger partial charge in [0.1, 0.15) is 5.60 Å². The number of nitrogens with one attached hydrogen (secondary N) is 1. The van der Waals surface area contributed by atoms with E-state index in [4.69, 9.17) is 4.74 Å². The maximum atomic E-state index is 13.4. The Kier molecular flexibility index (Phi) is 10.1. The van der Waals surface area contributed by atoms with Crippen molar-refractivity contribution in [2.75, 3.05) is 44.7 Å². The highest BCUT2D eigenvalue weighted by Crippen LogP contribution is 2.25. The number of benzene rings is 2. The maximum absolute atomic E-state index is 13.4. The molecule has 0 saturated heterocycles. The first kappa shape index (κ1) is 30.4. The third-order valence-electron chi connectivity index (χ3n) is 6.67. The van der Waals surface area contributed by atoms with E-state index in [2.05, 4.69) is 23.5 Å². The Morgan fingerprint density at radius 1 is 1.07 bits per heavy atom. The number of fused-ring (bicyclic) bond motifs is 1. The molecule has 10 nitrogen and oxygen atoms in total. The van der Waals surface area contributed by atoms with Gasteiger partial charge in [0.05, 0.1) is 24.7 Å².